The topological polar surface area (TPSA) is 62.4 Å². The smallest absolute Gasteiger partial charge is 0.270 e. The Morgan fingerprint density at radius 2 is 2.33 bits per heavy atom. The van der Waals surface area contributed by atoms with Gasteiger partial charge in [0.15, 0.2) is 5.11 Å². The second-order valence-corrected chi connectivity index (χ2v) is 6.67. The van der Waals surface area contributed by atoms with Gasteiger partial charge < -0.3 is 10.1 Å². The molecule has 21 heavy (non-hydrogen) atoms. The van der Waals surface area contributed by atoms with Crippen LogP contribution in [-0.2, 0) is 4.74 Å². The number of nitrogens with one attached hydrogen (secondary N) is 3. The molecule has 3 N–H and O–H groups in total. The van der Waals surface area contributed by atoms with E-state index < -0.39 is 0 Å². The number of carbonyl (C=O) groups is 1. The van der Waals surface area contributed by atoms with Crippen molar-refractivity contribution in [1.29, 1.82) is 0 Å². The molecule has 1 saturated heterocycles. The molecular weight excluding hydrogens is 306 g/mol. The Balaban J connectivity index is 1.70. The highest BCUT2D eigenvalue weighted by Crippen LogP contribution is 2.22. The minimum Gasteiger partial charge on any atom is -0.376 e. The average molecular weight is 327 g/mol. The molecule has 0 unspecified atom stereocenters. The van der Waals surface area contributed by atoms with Crippen molar-refractivity contribution in [2.24, 2.45) is 0 Å². The molecule has 5 nitrogen and oxygen atoms in total. The fourth-order valence-electron chi connectivity index (χ4n) is 2.02. The van der Waals surface area contributed by atoms with Crippen LogP contribution in [0.25, 0.3) is 0 Å². The van der Waals surface area contributed by atoms with E-state index in [4.69, 9.17) is 17.0 Å². The third kappa shape index (κ3) is 4.94. The van der Waals surface area contributed by atoms with Crippen molar-refractivity contribution in [2.75, 3.05) is 13.2 Å². The van der Waals surface area contributed by atoms with Crippen molar-refractivity contribution >= 4 is 34.6 Å². The molecule has 2 rings (SSSR count). The van der Waals surface area contributed by atoms with Crippen LogP contribution in [0.3, 0.4) is 0 Å². The summed E-state index contributed by atoms with van der Waals surface area (Å²) in [5.41, 5.74) is 5.96. The molecule has 7 heteroatoms. The second kappa shape index (κ2) is 7.72. The van der Waals surface area contributed by atoms with E-state index in [1.807, 2.05) is 11.4 Å². The molecule has 1 aromatic rings. The number of rotatable bonds is 4. The summed E-state index contributed by atoms with van der Waals surface area (Å²) in [6, 6.07) is 1.91. The van der Waals surface area contributed by atoms with Crippen LogP contribution in [-0.4, -0.2) is 30.3 Å². The first-order chi connectivity index (χ1) is 10.1. The Kier molecular flexibility index (Phi) is 5.96. The van der Waals surface area contributed by atoms with E-state index in [1.54, 1.807) is 11.3 Å². The lowest BCUT2D eigenvalue weighted by Crippen LogP contribution is -2.48. The molecule has 1 fully saturated rings. The van der Waals surface area contributed by atoms with Crippen LogP contribution in [0.2, 0.25) is 0 Å². The van der Waals surface area contributed by atoms with E-state index in [-0.39, 0.29) is 12.0 Å². The molecule has 1 aliphatic rings. The van der Waals surface area contributed by atoms with Gasteiger partial charge in [-0.05, 0) is 37.0 Å². The van der Waals surface area contributed by atoms with Gasteiger partial charge >= 0.3 is 0 Å². The molecule has 0 radical (unpaired) electrons. The molecule has 1 aromatic heterocycles. The Labute approximate surface area is 134 Å². The number of hydrazine groups is 1. The first-order valence-corrected chi connectivity index (χ1v) is 8.39. The van der Waals surface area contributed by atoms with Crippen molar-refractivity contribution in [3.8, 4) is 0 Å². The fraction of sp³-hybridized carbons (Fsp3) is 0.571. The van der Waals surface area contributed by atoms with Crippen LogP contribution in [0.5, 0.6) is 0 Å². The van der Waals surface area contributed by atoms with E-state index in [1.165, 1.54) is 4.88 Å². The van der Waals surface area contributed by atoms with Gasteiger partial charge in [0.25, 0.3) is 5.91 Å². The molecule has 1 aliphatic heterocycles. The van der Waals surface area contributed by atoms with E-state index in [0.717, 1.165) is 19.4 Å². The Hall–Kier alpha value is -1.18. The molecule has 1 amide bonds. The minimum atomic E-state index is -0.181. The molecule has 1 atom stereocenters. The van der Waals surface area contributed by atoms with Crippen molar-refractivity contribution in [2.45, 2.75) is 38.7 Å². The Bertz CT molecular complexity index is 496. The van der Waals surface area contributed by atoms with E-state index in [0.29, 0.717) is 23.1 Å². The summed E-state index contributed by atoms with van der Waals surface area (Å²) >= 11 is 6.71. The van der Waals surface area contributed by atoms with Crippen LogP contribution in [0, 0.1) is 0 Å². The quantitative estimate of drug-likeness (QED) is 0.584. The Morgan fingerprint density at radius 1 is 1.52 bits per heavy atom. The fourth-order valence-corrected chi connectivity index (χ4v) is 3.06. The number of hydrogen-bond acceptors (Lipinski definition) is 4. The maximum Gasteiger partial charge on any atom is 0.270 e. The van der Waals surface area contributed by atoms with Gasteiger partial charge in [0.1, 0.15) is 0 Å². The minimum absolute atomic E-state index is 0.181. The summed E-state index contributed by atoms with van der Waals surface area (Å²) in [4.78, 5) is 13.2. The Morgan fingerprint density at radius 3 is 2.95 bits per heavy atom. The monoisotopic (exact) mass is 327 g/mol. The lowest BCUT2D eigenvalue weighted by atomic mass is 10.1. The van der Waals surface area contributed by atoms with Crippen LogP contribution in [0.1, 0.15) is 47.8 Å². The number of carbonyl (C=O) groups excluding carboxylic acids is 1. The molecular formula is C14H21N3O2S2. The number of ether oxygens (including phenoxy) is 1. The van der Waals surface area contributed by atoms with Crippen LogP contribution in [0.4, 0.5) is 0 Å². The van der Waals surface area contributed by atoms with Gasteiger partial charge in [-0.25, -0.2) is 0 Å². The van der Waals surface area contributed by atoms with E-state index in [2.05, 4.69) is 30.0 Å². The van der Waals surface area contributed by atoms with Crippen LogP contribution in [0.15, 0.2) is 11.4 Å². The standard InChI is InChI=1S/C14H21N3O2S2/c1-9(2)12-6-10(8-21-12)13(18)16-17-14(20)15-7-11-4-3-5-19-11/h6,8-9,11H,3-5,7H2,1-2H3,(H,16,18)(H2,15,17,20)/t11-/m1/s1. The zero-order valence-electron chi connectivity index (χ0n) is 12.3. The molecule has 2 heterocycles. The first-order valence-electron chi connectivity index (χ1n) is 7.10. The largest absolute Gasteiger partial charge is 0.376 e. The van der Waals surface area contributed by atoms with Crippen LogP contribution < -0.4 is 16.2 Å². The highest BCUT2D eigenvalue weighted by atomic mass is 32.1. The maximum atomic E-state index is 12.0. The number of thiophene rings is 1. The van der Waals surface area contributed by atoms with Gasteiger partial charge in [0, 0.05) is 23.4 Å². The first kappa shape index (κ1) is 16.2. The number of amides is 1. The van der Waals surface area contributed by atoms with Crippen molar-refractivity contribution in [3.05, 3.63) is 21.9 Å². The molecule has 0 spiro atoms. The van der Waals surface area contributed by atoms with Crippen molar-refractivity contribution < 1.29 is 9.53 Å². The third-order valence-corrected chi connectivity index (χ3v) is 4.73. The third-order valence-electron chi connectivity index (χ3n) is 3.25. The highest BCUT2D eigenvalue weighted by Gasteiger charge is 2.15. The van der Waals surface area contributed by atoms with Gasteiger partial charge in [-0.1, -0.05) is 13.8 Å². The molecule has 0 aliphatic carbocycles. The van der Waals surface area contributed by atoms with Gasteiger partial charge in [0.05, 0.1) is 11.7 Å². The summed E-state index contributed by atoms with van der Waals surface area (Å²) in [6.07, 6.45) is 2.36. The van der Waals surface area contributed by atoms with Gasteiger partial charge in [-0.2, -0.15) is 0 Å². The lowest BCUT2D eigenvalue weighted by molar-refractivity contribution is 0.0943. The van der Waals surface area contributed by atoms with Gasteiger partial charge in [-0.3, -0.25) is 15.6 Å². The maximum absolute atomic E-state index is 12.0. The van der Waals surface area contributed by atoms with Gasteiger partial charge in [-0.15, -0.1) is 11.3 Å². The van der Waals surface area contributed by atoms with Crippen LogP contribution >= 0.6 is 23.6 Å². The van der Waals surface area contributed by atoms with Crippen molar-refractivity contribution in [3.63, 3.8) is 0 Å². The summed E-state index contributed by atoms with van der Waals surface area (Å²) in [5, 5.41) is 5.30. The normalized spacial score (nSPS) is 17.8. The summed E-state index contributed by atoms with van der Waals surface area (Å²) < 4.78 is 5.49. The van der Waals surface area contributed by atoms with Crippen molar-refractivity contribution in [1.82, 2.24) is 16.2 Å². The number of hydrogen-bond donors (Lipinski definition) is 3. The predicted molar refractivity (Wildman–Crippen MR) is 88.6 cm³/mol. The molecule has 0 aromatic carbocycles. The zero-order chi connectivity index (χ0) is 15.2. The van der Waals surface area contributed by atoms with E-state index >= 15 is 0 Å². The summed E-state index contributed by atoms with van der Waals surface area (Å²) in [7, 11) is 0. The number of thiocarbonyl (C=S) groups is 1. The predicted octanol–water partition coefficient (Wildman–Crippen LogP) is 2.16. The second-order valence-electron chi connectivity index (χ2n) is 5.32. The average Bonchev–Trinajstić information content (AvgIpc) is 3.12. The molecule has 0 saturated carbocycles. The molecule has 0 bridgehead atoms. The lowest BCUT2D eigenvalue weighted by Gasteiger charge is -2.14. The van der Waals surface area contributed by atoms with E-state index in [9.17, 15) is 4.79 Å². The van der Waals surface area contributed by atoms with Gasteiger partial charge in [0.2, 0.25) is 0 Å². The molecule has 116 valence electrons. The SMILES string of the molecule is CC(C)c1cc(C(=O)NNC(=S)NC[C@H]2CCCO2)cs1. The highest BCUT2D eigenvalue weighted by molar-refractivity contribution is 7.80. The summed E-state index contributed by atoms with van der Waals surface area (Å²) in [6.45, 7) is 5.70. The zero-order valence-corrected chi connectivity index (χ0v) is 13.9. The summed E-state index contributed by atoms with van der Waals surface area (Å²) in [5.74, 6) is 0.248.